The molecule has 12 aromatic carbocycles. The van der Waals surface area contributed by atoms with Crippen LogP contribution in [0, 0.1) is 0 Å². The summed E-state index contributed by atoms with van der Waals surface area (Å²) in [6, 6.07) is 97.6. The first-order valence-corrected chi connectivity index (χ1v) is 29.4. The Balaban J connectivity index is 0.813. The van der Waals surface area contributed by atoms with E-state index >= 15 is 0 Å². The van der Waals surface area contributed by atoms with Gasteiger partial charge in [0, 0.05) is 66.7 Å². The molecule has 0 unspecified atom stereocenters. The largest absolute Gasteiger partial charge is 0.309 e. The van der Waals surface area contributed by atoms with E-state index in [1.54, 1.807) is 0 Å². The normalized spacial score (nSPS) is 13.1. The smallest absolute Gasteiger partial charge is 0.238 e. The van der Waals surface area contributed by atoms with E-state index in [0.29, 0.717) is 17.6 Å². The summed E-state index contributed by atoms with van der Waals surface area (Å²) in [5.74, 6) is 1.80. The van der Waals surface area contributed by atoms with Crippen molar-refractivity contribution in [3.05, 3.63) is 289 Å². The minimum Gasteiger partial charge on any atom is -0.309 e. The fraction of sp³-hybridized carbons (Fsp3) is 0.0506. The molecule has 398 valence electrons. The highest BCUT2D eigenvalue weighted by Crippen LogP contribution is 2.52. The summed E-state index contributed by atoms with van der Waals surface area (Å²) >= 11 is 0. The third-order valence-electron chi connectivity index (χ3n) is 18.5. The van der Waals surface area contributed by atoms with Crippen LogP contribution in [0.3, 0.4) is 0 Å². The molecule has 2 aliphatic rings. The van der Waals surface area contributed by atoms with E-state index < -0.39 is 0 Å². The monoisotopic (exact) mass is 1080 g/mol. The number of aromatic nitrogens is 6. The minimum atomic E-state index is -0.186. The molecule has 6 nitrogen and oxygen atoms in total. The second kappa shape index (κ2) is 18.0. The SMILES string of the molecule is CC1(C)c2ccc(-c3ccc4c(c3)c3cc5c(cc3n4-c3nc(-c4ccccc4)nc(-c4ccccc4)n3)c3ccccc3n5-c3ccccc3)cc2-c2cc(-c3ccc4c(c3)c3ccc5c(c3n4-c3ccccc3)Cc3ccccc3-5)ccc21. The van der Waals surface area contributed by atoms with Gasteiger partial charge < -0.3 is 9.13 Å². The van der Waals surface area contributed by atoms with Gasteiger partial charge in [-0.3, -0.25) is 4.57 Å². The molecule has 0 amide bonds. The van der Waals surface area contributed by atoms with Crippen LogP contribution in [-0.2, 0) is 11.8 Å². The Bertz CT molecular complexity index is 5400. The van der Waals surface area contributed by atoms with Crippen LogP contribution < -0.4 is 0 Å². The lowest BCUT2D eigenvalue weighted by Crippen LogP contribution is -2.14. The molecule has 0 radical (unpaired) electrons. The zero-order valence-electron chi connectivity index (χ0n) is 46.8. The predicted molar refractivity (Wildman–Crippen MR) is 350 cm³/mol. The van der Waals surface area contributed by atoms with Gasteiger partial charge in [0.2, 0.25) is 5.95 Å². The standard InChI is InChI=1S/C79H52N6/c1-79(2)68-37-31-50(52-33-39-71-63(43-52)60-36-35-58-57-28-16-15-23-54(57)45-67(58)75(60)84(71)56-26-13-6-14-27-56)41-61(68)62-42-51(32-38-69(62)79)53-34-40-72-64(44-53)66-47-73-65(59-29-17-18-30-70(59)83(73)55-24-11-5-12-25-55)46-74(66)85(72)78-81-76(48-19-7-3-8-20-48)80-77(82-78)49-21-9-4-10-22-49/h3-44,46-47H,45H2,1-2H3. The maximum atomic E-state index is 5.35. The molecule has 16 aromatic rings. The molecule has 4 heterocycles. The molecule has 0 fully saturated rings. The van der Waals surface area contributed by atoms with E-state index in [4.69, 9.17) is 15.0 Å². The van der Waals surface area contributed by atoms with Crippen LogP contribution in [-0.4, -0.2) is 28.7 Å². The molecule has 0 saturated carbocycles. The van der Waals surface area contributed by atoms with Crippen molar-refractivity contribution < 1.29 is 0 Å². The van der Waals surface area contributed by atoms with Crippen LogP contribution in [0.2, 0.25) is 0 Å². The highest BCUT2D eigenvalue weighted by Gasteiger charge is 2.36. The van der Waals surface area contributed by atoms with Crippen molar-refractivity contribution >= 4 is 65.4 Å². The molecule has 0 N–H and O–H groups in total. The van der Waals surface area contributed by atoms with E-state index in [-0.39, 0.29) is 5.41 Å². The van der Waals surface area contributed by atoms with Crippen molar-refractivity contribution in [1.82, 2.24) is 28.7 Å². The Labute approximate surface area is 490 Å². The Kier molecular flexibility index (Phi) is 10.1. The number of nitrogens with zero attached hydrogens (tertiary/aromatic N) is 6. The van der Waals surface area contributed by atoms with E-state index in [1.165, 1.54) is 88.5 Å². The molecular weight excluding hydrogens is 1030 g/mol. The number of para-hydroxylation sites is 3. The lowest BCUT2D eigenvalue weighted by Gasteiger charge is -2.21. The molecule has 18 rings (SSSR count). The zero-order chi connectivity index (χ0) is 56.1. The van der Waals surface area contributed by atoms with Gasteiger partial charge in [0.05, 0.1) is 33.1 Å². The molecule has 0 atom stereocenters. The Hall–Kier alpha value is -11.0. The lowest BCUT2D eigenvalue weighted by molar-refractivity contribution is 0.660. The van der Waals surface area contributed by atoms with Crippen molar-refractivity contribution in [1.29, 1.82) is 0 Å². The van der Waals surface area contributed by atoms with Gasteiger partial charge in [-0.2, -0.15) is 9.97 Å². The van der Waals surface area contributed by atoms with E-state index in [1.807, 2.05) is 36.4 Å². The first kappa shape index (κ1) is 47.7. The van der Waals surface area contributed by atoms with Crippen molar-refractivity contribution in [2.75, 3.05) is 0 Å². The summed E-state index contributed by atoms with van der Waals surface area (Å²) in [5, 5.41) is 7.12. The van der Waals surface area contributed by atoms with Crippen LogP contribution >= 0.6 is 0 Å². The van der Waals surface area contributed by atoms with E-state index in [2.05, 4.69) is 258 Å². The molecule has 0 aliphatic heterocycles. The quantitative estimate of drug-likeness (QED) is 0.160. The van der Waals surface area contributed by atoms with Gasteiger partial charge in [-0.25, -0.2) is 4.98 Å². The molecule has 6 heteroatoms. The van der Waals surface area contributed by atoms with Crippen molar-refractivity contribution in [3.8, 4) is 84.6 Å². The first-order valence-electron chi connectivity index (χ1n) is 29.4. The van der Waals surface area contributed by atoms with E-state index in [9.17, 15) is 0 Å². The van der Waals surface area contributed by atoms with Gasteiger partial charge >= 0.3 is 0 Å². The fourth-order valence-corrected chi connectivity index (χ4v) is 14.5. The molecular formula is C79H52N6. The molecule has 4 aromatic heterocycles. The van der Waals surface area contributed by atoms with Gasteiger partial charge in [-0.1, -0.05) is 202 Å². The third-order valence-corrected chi connectivity index (χ3v) is 18.5. The Morgan fingerprint density at radius 2 is 0.776 bits per heavy atom. The number of fused-ring (bicyclic) bond motifs is 16. The topological polar surface area (TPSA) is 53.5 Å². The van der Waals surface area contributed by atoms with Crippen LogP contribution in [0.25, 0.3) is 150 Å². The van der Waals surface area contributed by atoms with Crippen LogP contribution in [0.5, 0.6) is 0 Å². The molecule has 85 heavy (non-hydrogen) atoms. The molecule has 0 saturated heterocycles. The lowest BCUT2D eigenvalue weighted by atomic mass is 9.82. The number of hydrogen-bond acceptors (Lipinski definition) is 3. The van der Waals surface area contributed by atoms with E-state index in [0.717, 1.165) is 72.6 Å². The van der Waals surface area contributed by atoms with Gasteiger partial charge in [0.25, 0.3) is 0 Å². The summed E-state index contributed by atoms with van der Waals surface area (Å²) < 4.78 is 7.16. The Morgan fingerprint density at radius 3 is 1.41 bits per heavy atom. The average molecular weight is 1090 g/mol. The second-order valence-corrected chi connectivity index (χ2v) is 23.5. The average Bonchev–Trinajstić information content (AvgIpc) is 1.71. The van der Waals surface area contributed by atoms with Crippen LogP contribution in [0.15, 0.2) is 267 Å². The summed E-state index contributed by atoms with van der Waals surface area (Å²) in [6.07, 6.45) is 0.926. The number of benzene rings is 12. The maximum absolute atomic E-state index is 5.35. The van der Waals surface area contributed by atoms with Crippen molar-refractivity contribution in [2.24, 2.45) is 0 Å². The molecule has 2 aliphatic carbocycles. The van der Waals surface area contributed by atoms with Crippen molar-refractivity contribution in [2.45, 2.75) is 25.7 Å². The van der Waals surface area contributed by atoms with Crippen LogP contribution in [0.1, 0.15) is 36.1 Å². The van der Waals surface area contributed by atoms with Gasteiger partial charge in [0.1, 0.15) is 0 Å². The Morgan fingerprint density at radius 1 is 0.306 bits per heavy atom. The number of hydrogen-bond donors (Lipinski definition) is 0. The number of rotatable bonds is 7. The minimum absolute atomic E-state index is 0.186. The van der Waals surface area contributed by atoms with Crippen LogP contribution in [0.4, 0.5) is 0 Å². The first-order chi connectivity index (χ1) is 41.9. The summed E-state index contributed by atoms with van der Waals surface area (Å²) in [5.41, 5.74) is 26.3. The second-order valence-electron chi connectivity index (χ2n) is 23.5. The predicted octanol–water partition coefficient (Wildman–Crippen LogP) is 19.7. The fourth-order valence-electron chi connectivity index (χ4n) is 14.5. The molecule has 0 spiro atoms. The van der Waals surface area contributed by atoms with Gasteiger partial charge in [-0.05, 0) is 146 Å². The van der Waals surface area contributed by atoms with Crippen molar-refractivity contribution in [3.63, 3.8) is 0 Å². The van der Waals surface area contributed by atoms with Gasteiger partial charge in [-0.15, -0.1) is 0 Å². The van der Waals surface area contributed by atoms with Gasteiger partial charge in [0.15, 0.2) is 11.6 Å². The highest BCUT2D eigenvalue weighted by molar-refractivity contribution is 6.20. The summed E-state index contributed by atoms with van der Waals surface area (Å²) in [4.78, 5) is 15.8. The maximum Gasteiger partial charge on any atom is 0.238 e. The zero-order valence-corrected chi connectivity index (χ0v) is 46.8. The third kappa shape index (κ3) is 7.09. The highest BCUT2D eigenvalue weighted by atomic mass is 15.2. The molecule has 0 bridgehead atoms. The summed E-state index contributed by atoms with van der Waals surface area (Å²) in [7, 11) is 0. The summed E-state index contributed by atoms with van der Waals surface area (Å²) in [6.45, 7) is 4.75.